The van der Waals surface area contributed by atoms with Crippen molar-refractivity contribution >= 4 is 0 Å². The third kappa shape index (κ3) is 2.98. The molecule has 0 bridgehead atoms. The predicted molar refractivity (Wildman–Crippen MR) is 82.9 cm³/mol. The molecule has 0 radical (unpaired) electrons. The van der Waals surface area contributed by atoms with Crippen LogP contribution in [0, 0.1) is 11.8 Å². The highest BCUT2D eigenvalue weighted by Gasteiger charge is 2.48. The Balaban J connectivity index is 1.75. The van der Waals surface area contributed by atoms with Gasteiger partial charge in [0.15, 0.2) is 6.29 Å². The van der Waals surface area contributed by atoms with Crippen LogP contribution in [0.3, 0.4) is 0 Å². The summed E-state index contributed by atoms with van der Waals surface area (Å²) >= 11 is 0. The Morgan fingerprint density at radius 2 is 1.83 bits per heavy atom. The van der Waals surface area contributed by atoms with Crippen LogP contribution < -0.4 is 17.2 Å². The van der Waals surface area contributed by atoms with Crippen molar-refractivity contribution in [1.82, 2.24) is 0 Å². The van der Waals surface area contributed by atoms with Crippen LogP contribution in [-0.4, -0.2) is 71.4 Å². The van der Waals surface area contributed by atoms with Gasteiger partial charge in [-0.2, -0.15) is 0 Å². The minimum atomic E-state index is -1.43. The molecule has 0 unspecified atom stereocenters. The van der Waals surface area contributed by atoms with Crippen LogP contribution in [0.2, 0.25) is 0 Å². The van der Waals surface area contributed by atoms with Crippen molar-refractivity contribution in [3.8, 4) is 0 Å². The normalized spacial score (nSPS) is 47.9. The van der Waals surface area contributed by atoms with Crippen LogP contribution in [0.15, 0.2) is 24.0 Å². The second-order valence-electron chi connectivity index (χ2n) is 6.35. The minimum absolute atomic E-state index is 0.0242. The van der Waals surface area contributed by atoms with Crippen LogP contribution in [-0.2, 0) is 14.2 Å². The first-order chi connectivity index (χ1) is 11.5. The second kappa shape index (κ2) is 7.06. The molecule has 9 atom stereocenters. The first-order valence-corrected chi connectivity index (χ1v) is 8.01. The molecular weight excluding hydrogens is 318 g/mol. The summed E-state index contributed by atoms with van der Waals surface area (Å²) in [5.74, 6) is -0.227. The number of nitrogens with two attached hydrogens (primary N) is 3. The lowest BCUT2D eigenvalue weighted by molar-refractivity contribution is -0.334. The van der Waals surface area contributed by atoms with Crippen molar-refractivity contribution in [2.24, 2.45) is 29.0 Å². The second-order valence-corrected chi connectivity index (χ2v) is 6.35. The van der Waals surface area contributed by atoms with Gasteiger partial charge in [0.25, 0.3) is 0 Å². The van der Waals surface area contributed by atoms with Gasteiger partial charge in [-0.25, -0.2) is 0 Å². The topological polar surface area (TPSA) is 166 Å². The van der Waals surface area contributed by atoms with E-state index in [4.69, 9.17) is 31.4 Å². The summed E-state index contributed by atoms with van der Waals surface area (Å²) in [5, 5.41) is 29.9. The van der Waals surface area contributed by atoms with E-state index in [2.05, 4.69) is 0 Å². The van der Waals surface area contributed by atoms with Crippen molar-refractivity contribution in [2.45, 2.75) is 43.0 Å². The van der Waals surface area contributed by atoms with Gasteiger partial charge in [0.1, 0.15) is 24.4 Å². The summed E-state index contributed by atoms with van der Waals surface area (Å²) in [6, 6.07) is -0.193. The summed E-state index contributed by atoms with van der Waals surface area (Å²) in [7, 11) is 0. The zero-order valence-electron chi connectivity index (χ0n) is 13.1. The molecule has 2 aliphatic heterocycles. The van der Waals surface area contributed by atoms with E-state index in [1.807, 2.05) is 12.2 Å². The van der Waals surface area contributed by atoms with Crippen LogP contribution in [0.1, 0.15) is 0 Å². The fourth-order valence-corrected chi connectivity index (χ4v) is 3.54. The average Bonchev–Trinajstić information content (AvgIpc) is 2.92. The maximum absolute atomic E-state index is 10.1. The number of aliphatic hydroxyl groups is 3. The van der Waals surface area contributed by atoms with Crippen LogP contribution in [0.4, 0.5) is 0 Å². The van der Waals surface area contributed by atoms with Gasteiger partial charge in [0, 0.05) is 25.0 Å². The molecule has 0 amide bonds. The summed E-state index contributed by atoms with van der Waals surface area (Å²) < 4.78 is 16.8. The molecule has 0 aromatic rings. The number of aliphatic hydroxyl groups excluding tert-OH is 3. The van der Waals surface area contributed by atoms with Crippen molar-refractivity contribution < 1.29 is 29.5 Å². The first kappa shape index (κ1) is 17.8. The van der Waals surface area contributed by atoms with Crippen LogP contribution in [0.25, 0.3) is 0 Å². The van der Waals surface area contributed by atoms with Gasteiger partial charge < -0.3 is 46.7 Å². The number of fused-ring (bicyclic) bond motifs is 1. The quantitative estimate of drug-likeness (QED) is 0.293. The lowest BCUT2D eigenvalue weighted by Gasteiger charge is -2.42. The molecule has 3 aliphatic rings. The fourth-order valence-electron chi connectivity index (χ4n) is 3.54. The summed E-state index contributed by atoms with van der Waals surface area (Å²) in [4.78, 5) is 0. The predicted octanol–water partition coefficient (Wildman–Crippen LogP) is -2.90. The van der Waals surface area contributed by atoms with Crippen molar-refractivity contribution in [1.29, 1.82) is 0 Å². The molecule has 1 saturated heterocycles. The van der Waals surface area contributed by atoms with E-state index in [0.29, 0.717) is 6.54 Å². The molecule has 9 N–H and O–H groups in total. The van der Waals surface area contributed by atoms with Gasteiger partial charge in [-0.1, -0.05) is 6.08 Å². The highest BCUT2D eigenvalue weighted by Crippen LogP contribution is 2.39. The lowest BCUT2D eigenvalue weighted by Crippen LogP contribution is -2.61. The minimum Gasteiger partial charge on any atom is -0.472 e. The summed E-state index contributed by atoms with van der Waals surface area (Å²) in [6.45, 7) is 0.286. The first-order valence-electron chi connectivity index (χ1n) is 8.01. The van der Waals surface area contributed by atoms with E-state index in [9.17, 15) is 15.3 Å². The molecule has 0 aromatic heterocycles. The highest BCUT2D eigenvalue weighted by molar-refractivity contribution is 5.27. The van der Waals surface area contributed by atoms with E-state index in [1.165, 1.54) is 6.26 Å². The molecule has 136 valence electrons. The van der Waals surface area contributed by atoms with E-state index < -0.39 is 37.0 Å². The SMILES string of the molecule is NCC1=C[C@H](N)[C@@H]2C=CO[C@@H](O[C@@H]3O[C@H](CN)[C@@H](O)[C@H](O)[C@H]3O)[C@H]12. The Bertz CT molecular complexity index is 513. The Labute approximate surface area is 139 Å². The van der Waals surface area contributed by atoms with Crippen molar-refractivity contribution in [3.05, 3.63) is 24.0 Å². The summed E-state index contributed by atoms with van der Waals surface area (Å²) in [5.41, 5.74) is 18.3. The van der Waals surface area contributed by atoms with Crippen molar-refractivity contribution in [2.75, 3.05) is 13.1 Å². The standard InChI is InChI=1S/C15H25N3O6/c16-4-6-3-8(18)7-1-2-22-14(10(6)7)24-15-13(21)12(20)11(19)9(5-17)23-15/h1-3,7-15,19-21H,4-5,16-18H2/t7-,8-,9+,10+,11+,12-,13+,14-,15-/m0/s1. The third-order valence-corrected chi connectivity index (χ3v) is 4.91. The maximum atomic E-state index is 10.1. The Kier molecular flexibility index (Phi) is 5.23. The number of rotatable bonds is 4. The molecule has 0 saturated carbocycles. The maximum Gasteiger partial charge on any atom is 0.208 e. The van der Waals surface area contributed by atoms with Gasteiger partial charge in [-0.15, -0.1) is 0 Å². The van der Waals surface area contributed by atoms with Gasteiger partial charge in [-0.3, -0.25) is 0 Å². The molecule has 1 aliphatic carbocycles. The van der Waals surface area contributed by atoms with Crippen LogP contribution in [0.5, 0.6) is 0 Å². The smallest absolute Gasteiger partial charge is 0.208 e. The molecule has 1 fully saturated rings. The monoisotopic (exact) mass is 343 g/mol. The third-order valence-electron chi connectivity index (χ3n) is 4.91. The van der Waals surface area contributed by atoms with Crippen molar-refractivity contribution in [3.63, 3.8) is 0 Å². The van der Waals surface area contributed by atoms with Crippen LogP contribution >= 0.6 is 0 Å². The van der Waals surface area contributed by atoms with Gasteiger partial charge >= 0.3 is 0 Å². The largest absolute Gasteiger partial charge is 0.472 e. The molecule has 0 spiro atoms. The average molecular weight is 343 g/mol. The van der Waals surface area contributed by atoms with Gasteiger partial charge in [-0.05, 0) is 11.6 Å². The fraction of sp³-hybridized carbons (Fsp3) is 0.733. The van der Waals surface area contributed by atoms with E-state index in [-0.39, 0.29) is 24.4 Å². The van der Waals surface area contributed by atoms with E-state index in [0.717, 1.165) is 5.57 Å². The molecule has 3 rings (SSSR count). The number of ether oxygens (including phenoxy) is 3. The zero-order chi connectivity index (χ0) is 17.4. The Morgan fingerprint density at radius 3 is 2.50 bits per heavy atom. The van der Waals surface area contributed by atoms with E-state index in [1.54, 1.807) is 0 Å². The molecular formula is C15H25N3O6. The molecule has 0 aromatic carbocycles. The van der Waals surface area contributed by atoms with E-state index >= 15 is 0 Å². The molecule has 24 heavy (non-hydrogen) atoms. The van der Waals surface area contributed by atoms with Gasteiger partial charge in [0.05, 0.1) is 12.2 Å². The Hall–Kier alpha value is -1.04. The molecule has 2 heterocycles. The van der Waals surface area contributed by atoms with Gasteiger partial charge in [0.2, 0.25) is 6.29 Å². The lowest BCUT2D eigenvalue weighted by atomic mass is 9.87. The molecule has 9 heteroatoms. The zero-order valence-corrected chi connectivity index (χ0v) is 13.1. The number of hydrogen-bond acceptors (Lipinski definition) is 9. The summed E-state index contributed by atoms with van der Waals surface area (Å²) in [6.07, 6.45) is -1.71. The number of hydrogen-bond donors (Lipinski definition) is 6. The highest BCUT2D eigenvalue weighted by atomic mass is 16.8. The Morgan fingerprint density at radius 1 is 1.08 bits per heavy atom. The molecule has 9 nitrogen and oxygen atoms in total.